The second-order valence-corrected chi connectivity index (χ2v) is 12.8. The number of carbonyl (C=O) groups is 1. The van der Waals surface area contributed by atoms with E-state index in [1.54, 1.807) is 18.2 Å². The number of carbonyl (C=O) groups excluding carboxylic acids is 1. The molecule has 2 aromatic carbocycles. The molecule has 0 bridgehead atoms. The van der Waals surface area contributed by atoms with Gasteiger partial charge in [0.05, 0.1) is 67.7 Å². The van der Waals surface area contributed by atoms with Gasteiger partial charge in [-0.1, -0.05) is 18.7 Å². The fraction of sp³-hybridized carbons (Fsp3) is 0.444. The monoisotopic (exact) mass is 665 g/mol. The van der Waals surface area contributed by atoms with Crippen LogP contribution >= 0.6 is 0 Å². The van der Waals surface area contributed by atoms with Crippen LogP contribution in [-0.4, -0.2) is 104 Å². The summed E-state index contributed by atoms with van der Waals surface area (Å²) in [4.78, 5) is 35.1. The largest absolute Gasteiger partial charge is 0.494 e. The maximum absolute atomic E-state index is 12.6. The van der Waals surface area contributed by atoms with Crippen LogP contribution in [0.2, 0.25) is 0 Å². The number of piperidine rings is 1. The lowest BCUT2D eigenvalue weighted by Crippen LogP contribution is -2.59. The van der Waals surface area contributed by atoms with Crippen LogP contribution in [0.3, 0.4) is 0 Å². The molecule has 3 aromatic rings. The Hall–Kier alpha value is -4.74. The van der Waals surface area contributed by atoms with Crippen molar-refractivity contribution in [1.29, 1.82) is 5.26 Å². The lowest BCUT2D eigenvalue weighted by molar-refractivity contribution is -0.111. The number of ether oxygens (including phenoxy) is 2. The van der Waals surface area contributed by atoms with E-state index in [1.165, 1.54) is 12.4 Å². The van der Waals surface area contributed by atoms with E-state index >= 15 is 0 Å². The zero-order valence-electron chi connectivity index (χ0n) is 27.9. The van der Waals surface area contributed by atoms with E-state index in [0.717, 1.165) is 83.0 Å². The van der Waals surface area contributed by atoms with Gasteiger partial charge in [0.25, 0.3) is 0 Å². The maximum Gasteiger partial charge on any atom is 0.247 e. The van der Waals surface area contributed by atoms with Gasteiger partial charge in [0.1, 0.15) is 17.9 Å². The summed E-state index contributed by atoms with van der Waals surface area (Å²) in [6, 6.07) is 16.5. The molecule has 0 saturated carbocycles. The number of rotatable bonds is 10. The summed E-state index contributed by atoms with van der Waals surface area (Å²) in [5.74, 6) is 1.44. The van der Waals surface area contributed by atoms with Gasteiger partial charge in [-0.2, -0.15) is 5.26 Å². The molecule has 13 heteroatoms. The highest BCUT2D eigenvalue weighted by atomic mass is 16.7. The first-order valence-corrected chi connectivity index (χ1v) is 17.0. The molecule has 2 N–H and O–H groups in total. The van der Waals surface area contributed by atoms with Crippen LogP contribution < -0.4 is 25.3 Å². The number of anilines is 5. The molecule has 4 fully saturated rings. The number of hydrogen-bond donors (Lipinski definition) is 2. The summed E-state index contributed by atoms with van der Waals surface area (Å²) in [5, 5.41) is 17.6. The van der Waals surface area contributed by atoms with Crippen molar-refractivity contribution < 1.29 is 19.1 Å². The third-order valence-electron chi connectivity index (χ3n) is 10.0. The minimum Gasteiger partial charge on any atom is -0.494 e. The summed E-state index contributed by atoms with van der Waals surface area (Å²) >= 11 is 0. The normalized spacial score (nSPS) is 20.8. The van der Waals surface area contributed by atoms with Crippen LogP contribution in [0.15, 0.2) is 61.4 Å². The first-order chi connectivity index (χ1) is 24.0. The number of hydroxylamine groups is 1. The van der Waals surface area contributed by atoms with Gasteiger partial charge in [0.15, 0.2) is 5.82 Å². The maximum atomic E-state index is 12.6. The molecule has 0 unspecified atom stereocenters. The van der Waals surface area contributed by atoms with E-state index in [-0.39, 0.29) is 11.9 Å². The summed E-state index contributed by atoms with van der Waals surface area (Å²) in [6.07, 6.45) is 5.61. The van der Waals surface area contributed by atoms with Crippen molar-refractivity contribution in [3.8, 4) is 11.8 Å². The molecule has 5 heterocycles. The molecule has 1 amide bonds. The van der Waals surface area contributed by atoms with Gasteiger partial charge in [-0.15, -0.1) is 0 Å². The Bertz CT molecular complexity index is 1690. The van der Waals surface area contributed by atoms with Gasteiger partial charge in [0.2, 0.25) is 5.91 Å². The smallest absolute Gasteiger partial charge is 0.247 e. The predicted octanol–water partition coefficient (Wildman–Crippen LogP) is 4.09. The zero-order valence-corrected chi connectivity index (χ0v) is 27.9. The average molecular weight is 666 g/mol. The molecule has 7 rings (SSSR count). The second kappa shape index (κ2) is 14.8. The fourth-order valence-electron chi connectivity index (χ4n) is 7.24. The molecule has 0 spiro atoms. The van der Waals surface area contributed by atoms with Crippen molar-refractivity contribution in [3.05, 3.63) is 72.6 Å². The quantitative estimate of drug-likeness (QED) is 0.303. The number of amides is 1. The highest BCUT2D eigenvalue weighted by molar-refractivity contribution is 6.02. The number of nitrogens with zero attached hydrogens (tertiary/aromatic N) is 7. The lowest BCUT2D eigenvalue weighted by atomic mass is 10.0. The molecule has 4 aliphatic heterocycles. The summed E-state index contributed by atoms with van der Waals surface area (Å²) in [7, 11) is 1.64. The Morgan fingerprint density at radius 1 is 1.00 bits per heavy atom. The Morgan fingerprint density at radius 2 is 1.78 bits per heavy atom. The summed E-state index contributed by atoms with van der Waals surface area (Å²) in [5.41, 5.74) is 3.79. The van der Waals surface area contributed by atoms with Gasteiger partial charge in [-0.25, -0.2) is 15.0 Å². The van der Waals surface area contributed by atoms with E-state index in [0.29, 0.717) is 53.0 Å². The number of methoxy groups -OCH3 is 1. The Balaban J connectivity index is 1.07. The molecule has 4 saturated heterocycles. The van der Waals surface area contributed by atoms with Gasteiger partial charge >= 0.3 is 0 Å². The van der Waals surface area contributed by atoms with Crippen LogP contribution in [0.25, 0.3) is 0 Å². The van der Waals surface area contributed by atoms with Gasteiger partial charge in [-0.3, -0.25) is 19.4 Å². The van der Waals surface area contributed by atoms with Crippen molar-refractivity contribution in [3.63, 3.8) is 0 Å². The first-order valence-electron chi connectivity index (χ1n) is 17.0. The number of aromatic nitrogens is 2. The van der Waals surface area contributed by atoms with Crippen LogP contribution in [0, 0.1) is 11.3 Å². The van der Waals surface area contributed by atoms with Gasteiger partial charge < -0.3 is 25.0 Å². The average Bonchev–Trinajstić information content (AvgIpc) is 3.62. The standard InChI is InChI=1S/C36H43N9O4/c1-3-36(46)41-29-18-30(40-34-20-35(39-24-38-34)45-31(9-16-49-45)26-6-4-5-25(17-26)21-37)33(47-2)19-32(29)44-10-7-27(8-11-44)42-12-14-43(15-13-42)28-22-48-23-28/h3-6,17-20,24,27-28,31H,1,7-16,22-23H2,2H3,(H,41,46)(H,38,39,40)/t31-/m1/s1. The van der Waals surface area contributed by atoms with E-state index in [9.17, 15) is 10.1 Å². The molecule has 0 radical (unpaired) electrons. The van der Waals surface area contributed by atoms with E-state index in [2.05, 4.69) is 47.9 Å². The second-order valence-electron chi connectivity index (χ2n) is 12.8. The third-order valence-corrected chi connectivity index (χ3v) is 10.0. The van der Waals surface area contributed by atoms with Crippen molar-refractivity contribution in [1.82, 2.24) is 19.8 Å². The summed E-state index contributed by atoms with van der Waals surface area (Å²) < 4.78 is 11.3. The number of nitriles is 1. The molecule has 256 valence electrons. The van der Waals surface area contributed by atoms with Crippen molar-refractivity contribution in [2.45, 2.75) is 37.4 Å². The fourth-order valence-corrected chi connectivity index (χ4v) is 7.24. The van der Waals surface area contributed by atoms with Crippen LogP contribution in [0.4, 0.5) is 28.7 Å². The molecule has 0 aliphatic carbocycles. The summed E-state index contributed by atoms with van der Waals surface area (Å²) in [6.45, 7) is 12.1. The molecular formula is C36H43N9O4. The van der Waals surface area contributed by atoms with Gasteiger partial charge in [0, 0.05) is 63.9 Å². The third kappa shape index (κ3) is 7.18. The van der Waals surface area contributed by atoms with Crippen LogP contribution in [-0.2, 0) is 14.4 Å². The van der Waals surface area contributed by atoms with Crippen LogP contribution in [0.1, 0.15) is 36.4 Å². The molecule has 13 nitrogen and oxygen atoms in total. The highest BCUT2D eigenvalue weighted by Gasteiger charge is 2.33. The van der Waals surface area contributed by atoms with Crippen molar-refractivity contribution in [2.75, 3.05) is 86.8 Å². The predicted molar refractivity (Wildman–Crippen MR) is 187 cm³/mol. The first kappa shape index (κ1) is 32.8. The lowest BCUT2D eigenvalue weighted by Gasteiger charge is -2.46. The SMILES string of the molecule is C=CC(=O)Nc1cc(Nc2cc(N3OCC[C@@H]3c3cccc(C#N)c3)ncn2)c(OC)cc1N1CCC(N2CCN(C3COC3)CC2)CC1. The minimum absolute atomic E-state index is 0.0956. The van der Waals surface area contributed by atoms with E-state index in [4.69, 9.17) is 14.3 Å². The van der Waals surface area contributed by atoms with E-state index < -0.39 is 0 Å². The molecule has 4 aliphatic rings. The number of hydrogen-bond acceptors (Lipinski definition) is 12. The van der Waals surface area contributed by atoms with Gasteiger partial charge in [-0.05, 0) is 42.7 Å². The Labute approximate surface area is 287 Å². The molecule has 1 aromatic heterocycles. The topological polar surface area (TPSA) is 131 Å². The van der Waals surface area contributed by atoms with E-state index in [1.807, 2.05) is 36.4 Å². The highest BCUT2D eigenvalue weighted by Crippen LogP contribution is 2.40. The van der Waals surface area contributed by atoms with Crippen molar-refractivity contribution >= 4 is 34.6 Å². The van der Waals surface area contributed by atoms with Crippen molar-refractivity contribution in [2.24, 2.45) is 0 Å². The Kier molecular flexibility index (Phi) is 9.90. The molecule has 1 atom stereocenters. The van der Waals surface area contributed by atoms with Crippen LogP contribution in [0.5, 0.6) is 5.75 Å². The number of benzene rings is 2. The minimum atomic E-state index is -0.288. The molecule has 49 heavy (non-hydrogen) atoms. The zero-order chi connectivity index (χ0) is 33.7. The Morgan fingerprint density at radius 3 is 2.47 bits per heavy atom. The number of nitrogens with one attached hydrogen (secondary N) is 2. The number of piperazine rings is 1. The molecular weight excluding hydrogens is 622 g/mol.